The minimum Gasteiger partial charge on any atom is -0.382 e. The molecule has 2 atom stereocenters. The van der Waals surface area contributed by atoms with Gasteiger partial charge in [-0.25, -0.2) is 4.98 Å². The van der Waals surface area contributed by atoms with Crippen LogP contribution in [0.3, 0.4) is 0 Å². The molecule has 1 heterocycles. The van der Waals surface area contributed by atoms with Gasteiger partial charge in [0.25, 0.3) is 0 Å². The highest BCUT2D eigenvalue weighted by Crippen LogP contribution is 2.35. The molecule has 2 rings (SSSR count). The van der Waals surface area contributed by atoms with Crippen molar-refractivity contribution in [2.24, 2.45) is 5.92 Å². The van der Waals surface area contributed by atoms with Gasteiger partial charge in [0.1, 0.15) is 11.8 Å². The maximum atomic E-state index is 8.77. The minimum absolute atomic E-state index is 0.228. The summed E-state index contributed by atoms with van der Waals surface area (Å²) in [5, 5.41) is 12.3. The minimum atomic E-state index is 0.228. The molecule has 108 valence electrons. The topological polar surface area (TPSA) is 52.0 Å². The second-order valence-electron chi connectivity index (χ2n) is 6.22. The summed E-state index contributed by atoms with van der Waals surface area (Å²) in [4.78, 5) is 6.47. The summed E-state index contributed by atoms with van der Waals surface area (Å²) < 4.78 is 0. The molecule has 1 aliphatic carbocycles. The zero-order valence-electron chi connectivity index (χ0n) is 12.7. The lowest BCUT2D eigenvalue weighted by Crippen LogP contribution is -2.52. The predicted octanol–water partition coefficient (Wildman–Crippen LogP) is 2.88. The van der Waals surface area contributed by atoms with Crippen LogP contribution in [0.4, 0.5) is 5.69 Å². The van der Waals surface area contributed by atoms with Crippen LogP contribution in [-0.4, -0.2) is 36.1 Å². The van der Waals surface area contributed by atoms with Gasteiger partial charge in [-0.3, -0.25) is 0 Å². The number of nitriles is 1. The monoisotopic (exact) mass is 272 g/mol. The molecular formula is C16H24N4. The molecule has 1 saturated carbocycles. The van der Waals surface area contributed by atoms with Crippen LogP contribution in [-0.2, 0) is 0 Å². The quantitative estimate of drug-likeness (QED) is 0.915. The van der Waals surface area contributed by atoms with Gasteiger partial charge in [0.15, 0.2) is 0 Å². The summed E-state index contributed by atoms with van der Waals surface area (Å²) in [7, 11) is 4.35. The van der Waals surface area contributed by atoms with Crippen LogP contribution in [0.2, 0.25) is 0 Å². The summed E-state index contributed by atoms with van der Waals surface area (Å²) in [6.45, 7) is 3.28. The van der Waals surface area contributed by atoms with Crippen molar-refractivity contribution in [1.29, 1.82) is 5.26 Å². The van der Waals surface area contributed by atoms with Crippen LogP contribution in [0, 0.1) is 17.2 Å². The van der Waals surface area contributed by atoms with Gasteiger partial charge in [-0.2, -0.15) is 5.26 Å². The van der Waals surface area contributed by atoms with Gasteiger partial charge in [0, 0.05) is 12.1 Å². The van der Waals surface area contributed by atoms with Crippen LogP contribution in [0.5, 0.6) is 0 Å². The molecule has 0 aromatic carbocycles. The number of nitrogens with zero attached hydrogens (tertiary/aromatic N) is 3. The number of hydrogen-bond donors (Lipinski definition) is 1. The summed E-state index contributed by atoms with van der Waals surface area (Å²) in [6, 6.07) is 5.73. The van der Waals surface area contributed by atoms with E-state index in [9.17, 15) is 0 Å². The Morgan fingerprint density at radius 2 is 2.30 bits per heavy atom. The summed E-state index contributed by atoms with van der Waals surface area (Å²) in [6.07, 6.45) is 6.85. The van der Waals surface area contributed by atoms with Crippen molar-refractivity contribution in [3.63, 3.8) is 0 Å². The Hall–Kier alpha value is -1.60. The Bertz CT molecular complexity index is 474. The highest BCUT2D eigenvalue weighted by atomic mass is 15.2. The van der Waals surface area contributed by atoms with Gasteiger partial charge in [0.05, 0.1) is 11.9 Å². The molecule has 1 N–H and O–H groups in total. The highest BCUT2D eigenvalue weighted by Gasteiger charge is 2.36. The van der Waals surface area contributed by atoms with E-state index in [-0.39, 0.29) is 5.54 Å². The number of aromatic nitrogens is 1. The van der Waals surface area contributed by atoms with Crippen molar-refractivity contribution < 1.29 is 0 Å². The Kier molecular flexibility index (Phi) is 4.61. The Labute approximate surface area is 121 Å². The van der Waals surface area contributed by atoms with Gasteiger partial charge in [-0.15, -0.1) is 0 Å². The summed E-state index contributed by atoms with van der Waals surface area (Å²) in [5.41, 5.74) is 1.68. The maximum Gasteiger partial charge on any atom is 0.140 e. The van der Waals surface area contributed by atoms with Crippen LogP contribution < -0.4 is 5.32 Å². The van der Waals surface area contributed by atoms with E-state index in [2.05, 4.69) is 36.2 Å². The van der Waals surface area contributed by atoms with Crippen molar-refractivity contribution in [1.82, 2.24) is 9.88 Å². The first-order valence-corrected chi connectivity index (χ1v) is 7.33. The normalized spacial score (nSPS) is 26.2. The molecule has 4 heteroatoms. The van der Waals surface area contributed by atoms with Crippen LogP contribution in [0.1, 0.15) is 38.3 Å². The van der Waals surface area contributed by atoms with Crippen molar-refractivity contribution in [2.75, 3.05) is 26.0 Å². The van der Waals surface area contributed by atoms with E-state index in [0.717, 1.165) is 18.2 Å². The van der Waals surface area contributed by atoms with E-state index in [4.69, 9.17) is 5.26 Å². The maximum absolute atomic E-state index is 8.77. The average molecular weight is 272 g/mol. The van der Waals surface area contributed by atoms with Gasteiger partial charge >= 0.3 is 0 Å². The first-order valence-electron chi connectivity index (χ1n) is 7.33. The predicted molar refractivity (Wildman–Crippen MR) is 81.5 cm³/mol. The average Bonchev–Trinajstić information content (AvgIpc) is 2.45. The third kappa shape index (κ3) is 3.29. The molecule has 1 aromatic rings. The Morgan fingerprint density at radius 1 is 1.50 bits per heavy atom. The second kappa shape index (κ2) is 6.23. The number of nitrogens with one attached hydrogen (secondary N) is 1. The third-order valence-electron chi connectivity index (χ3n) is 4.52. The van der Waals surface area contributed by atoms with E-state index >= 15 is 0 Å². The lowest BCUT2D eigenvalue weighted by molar-refractivity contribution is 0.0882. The standard InChI is InChI=1S/C16H24N4/c1-13-5-4-8-16(9-13,20(2)3)12-19-15-7-6-14(10-17)18-11-15/h6-7,11,13,19H,4-5,8-9,12H2,1-3H3. The lowest BCUT2D eigenvalue weighted by atomic mass is 9.75. The Morgan fingerprint density at radius 3 is 2.85 bits per heavy atom. The van der Waals surface area contributed by atoms with E-state index in [0.29, 0.717) is 5.69 Å². The molecule has 0 saturated heterocycles. The molecular weight excluding hydrogens is 248 g/mol. The molecule has 1 aromatic heterocycles. The molecule has 0 amide bonds. The van der Waals surface area contributed by atoms with E-state index in [1.54, 1.807) is 12.3 Å². The van der Waals surface area contributed by atoms with Gasteiger partial charge < -0.3 is 10.2 Å². The van der Waals surface area contributed by atoms with Crippen molar-refractivity contribution in [2.45, 2.75) is 38.1 Å². The van der Waals surface area contributed by atoms with E-state index < -0.39 is 0 Å². The molecule has 2 unspecified atom stereocenters. The number of rotatable bonds is 4. The molecule has 20 heavy (non-hydrogen) atoms. The molecule has 4 nitrogen and oxygen atoms in total. The van der Waals surface area contributed by atoms with E-state index in [1.807, 2.05) is 12.1 Å². The van der Waals surface area contributed by atoms with Gasteiger partial charge in [-0.1, -0.05) is 19.8 Å². The van der Waals surface area contributed by atoms with Crippen LogP contribution in [0.25, 0.3) is 0 Å². The van der Waals surface area contributed by atoms with E-state index in [1.165, 1.54) is 25.7 Å². The highest BCUT2D eigenvalue weighted by molar-refractivity contribution is 5.43. The number of hydrogen-bond acceptors (Lipinski definition) is 4. The smallest absolute Gasteiger partial charge is 0.140 e. The van der Waals surface area contributed by atoms with Gasteiger partial charge in [-0.05, 0) is 45.0 Å². The third-order valence-corrected chi connectivity index (χ3v) is 4.52. The molecule has 0 bridgehead atoms. The molecule has 0 aliphatic heterocycles. The van der Waals surface area contributed by atoms with Crippen LogP contribution in [0.15, 0.2) is 18.3 Å². The first kappa shape index (κ1) is 14.8. The zero-order valence-corrected chi connectivity index (χ0v) is 12.7. The molecule has 0 spiro atoms. The molecule has 1 fully saturated rings. The molecule has 0 radical (unpaired) electrons. The fraction of sp³-hybridized carbons (Fsp3) is 0.625. The SMILES string of the molecule is CC1CCCC(CNc2ccc(C#N)nc2)(N(C)C)C1. The summed E-state index contributed by atoms with van der Waals surface area (Å²) >= 11 is 0. The first-order chi connectivity index (χ1) is 9.55. The summed E-state index contributed by atoms with van der Waals surface area (Å²) in [5.74, 6) is 0.784. The zero-order chi connectivity index (χ0) is 14.6. The van der Waals surface area contributed by atoms with Crippen LogP contribution >= 0.6 is 0 Å². The van der Waals surface area contributed by atoms with Crippen molar-refractivity contribution in [3.05, 3.63) is 24.0 Å². The lowest BCUT2D eigenvalue weighted by Gasteiger charge is -2.45. The largest absolute Gasteiger partial charge is 0.382 e. The Balaban J connectivity index is 2.03. The number of likely N-dealkylation sites (N-methyl/N-ethyl adjacent to an activating group) is 1. The number of anilines is 1. The second-order valence-corrected chi connectivity index (χ2v) is 6.22. The number of pyridine rings is 1. The van der Waals surface area contributed by atoms with Crippen molar-refractivity contribution in [3.8, 4) is 6.07 Å². The fourth-order valence-corrected chi connectivity index (χ4v) is 3.19. The molecule has 1 aliphatic rings. The van der Waals surface area contributed by atoms with Crippen molar-refractivity contribution >= 4 is 5.69 Å². The van der Waals surface area contributed by atoms with Gasteiger partial charge in [0.2, 0.25) is 0 Å². The fourth-order valence-electron chi connectivity index (χ4n) is 3.19.